The van der Waals surface area contributed by atoms with E-state index in [1.165, 1.54) is 12.1 Å². The number of nitrogens with zero attached hydrogens (tertiary/aromatic N) is 1. The zero-order valence-corrected chi connectivity index (χ0v) is 15.3. The van der Waals surface area contributed by atoms with E-state index in [0.717, 1.165) is 22.4 Å². The van der Waals surface area contributed by atoms with E-state index in [-0.39, 0.29) is 12.4 Å². The maximum Gasteiger partial charge on any atom is 0.387 e. The second kappa shape index (κ2) is 9.50. The van der Waals surface area contributed by atoms with Gasteiger partial charge in [0.25, 0.3) is 0 Å². The summed E-state index contributed by atoms with van der Waals surface area (Å²) in [5.74, 6) is 0.912. The smallest absolute Gasteiger partial charge is 0.387 e. The molecule has 2 aromatic carbocycles. The van der Waals surface area contributed by atoms with Crippen LogP contribution in [0.2, 0.25) is 0 Å². The van der Waals surface area contributed by atoms with Crippen molar-refractivity contribution in [3.63, 3.8) is 0 Å². The highest BCUT2D eigenvalue weighted by atomic mass is 19.3. The van der Waals surface area contributed by atoms with Crippen molar-refractivity contribution >= 4 is 0 Å². The van der Waals surface area contributed by atoms with Gasteiger partial charge in [-0.2, -0.15) is 8.78 Å². The van der Waals surface area contributed by atoms with Crippen LogP contribution in [-0.2, 0) is 6.54 Å². The van der Waals surface area contributed by atoms with Crippen molar-refractivity contribution in [3.05, 3.63) is 59.2 Å². The molecule has 4 nitrogen and oxygen atoms in total. The van der Waals surface area contributed by atoms with Crippen molar-refractivity contribution in [2.75, 3.05) is 20.2 Å². The zero-order chi connectivity index (χ0) is 19.1. The molecule has 26 heavy (non-hydrogen) atoms. The van der Waals surface area contributed by atoms with Crippen LogP contribution in [0.15, 0.2) is 42.5 Å². The quantitative estimate of drug-likeness (QED) is 0.734. The third-order valence-electron chi connectivity index (χ3n) is 3.90. The van der Waals surface area contributed by atoms with Gasteiger partial charge in [0.15, 0.2) is 0 Å². The van der Waals surface area contributed by atoms with Gasteiger partial charge >= 0.3 is 6.61 Å². The number of hydrogen-bond donors (Lipinski definition) is 1. The fourth-order valence-corrected chi connectivity index (χ4v) is 2.61. The van der Waals surface area contributed by atoms with E-state index in [2.05, 4.69) is 4.74 Å². The molecule has 1 unspecified atom stereocenters. The van der Waals surface area contributed by atoms with Crippen molar-refractivity contribution in [1.82, 2.24) is 4.90 Å². The van der Waals surface area contributed by atoms with Gasteiger partial charge in [0.05, 0.1) is 0 Å². The van der Waals surface area contributed by atoms with E-state index in [1.54, 1.807) is 12.1 Å². The highest BCUT2D eigenvalue weighted by Crippen LogP contribution is 2.19. The molecule has 142 valence electrons. The Balaban J connectivity index is 1.79. The minimum atomic E-state index is -2.82. The lowest BCUT2D eigenvalue weighted by Crippen LogP contribution is -2.32. The average Bonchev–Trinajstić information content (AvgIpc) is 2.57. The number of likely N-dealkylation sites (N-methyl/N-ethyl adjacent to an activating group) is 1. The summed E-state index contributed by atoms with van der Waals surface area (Å²) in [5, 5.41) is 10.2. The molecular formula is C20H25F2NO3. The fraction of sp³-hybridized carbons (Fsp3) is 0.400. The molecule has 0 saturated heterocycles. The number of benzene rings is 2. The molecule has 0 aliphatic rings. The lowest BCUT2D eigenvalue weighted by atomic mass is 10.1. The average molecular weight is 365 g/mol. The molecule has 0 aliphatic heterocycles. The number of alkyl halides is 2. The van der Waals surface area contributed by atoms with Gasteiger partial charge in [-0.1, -0.05) is 24.3 Å². The van der Waals surface area contributed by atoms with Crippen LogP contribution >= 0.6 is 0 Å². The lowest BCUT2D eigenvalue weighted by Gasteiger charge is -2.21. The Labute approximate surface area is 153 Å². The Hall–Kier alpha value is -2.18. The summed E-state index contributed by atoms with van der Waals surface area (Å²) < 4.78 is 34.3. The zero-order valence-electron chi connectivity index (χ0n) is 15.3. The summed E-state index contributed by atoms with van der Waals surface area (Å²) in [6.45, 7) is 2.35. The second-order valence-electron chi connectivity index (χ2n) is 6.45. The van der Waals surface area contributed by atoms with E-state index in [0.29, 0.717) is 13.1 Å². The van der Waals surface area contributed by atoms with Crippen LogP contribution in [0.1, 0.15) is 16.7 Å². The normalized spacial score (nSPS) is 12.5. The van der Waals surface area contributed by atoms with Gasteiger partial charge in [0.2, 0.25) is 0 Å². The van der Waals surface area contributed by atoms with E-state index in [1.807, 2.05) is 44.0 Å². The molecule has 0 aromatic heterocycles. The van der Waals surface area contributed by atoms with Crippen molar-refractivity contribution in [2.24, 2.45) is 0 Å². The molecule has 2 rings (SSSR count). The molecule has 0 amide bonds. The summed E-state index contributed by atoms with van der Waals surface area (Å²) in [6, 6.07) is 12.4. The third-order valence-corrected chi connectivity index (χ3v) is 3.90. The molecule has 1 atom stereocenters. The summed E-state index contributed by atoms with van der Waals surface area (Å²) in [6.07, 6.45) is -0.638. The SMILES string of the molecule is Cc1ccc(C)c(OCC(O)CN(C)Cc2ccc(OC(F)F)cc2)c1. The highest BCUT2D eigenvalue weighted by Gasteiger charge is 2.11. The first kappa shape index (κ1) is 20.1. The second-order valence-corrected chi connectivity index (χ2v) is 6.45. The van der Waals surface area contributed by atoms with Crippen LogP contribution in [-0.4, -0.2) is 42.9 Å². The maximum absolute atomic E-state index is 12.1. The first-order valence-electron chi connectivity index (χ1n) is 8.44. The predicted molar refractivity (Wildman–Crippen MR) is 96.8 cm³/mol. The number of halogens is 2. The summed E-state index contributed by atoms with van der Waals surface area (Å²) in [7, 11) is 1.88. The first-order chi connectivity index (χ1) is 12.3. The molecule has 0 spiro atoms. The molecule has 0 heterocycles. The van der Waals surface area contributed by atoms with E-state index in [4.69, 9.17) is 4.74 Å². The molecule has 0 radical (unpaired) electrons. The highest BCUT2D eigenvalue weighted by molar-refractivity contribution is 5.36. The monoisotopic (exact) mass is 365 g/mol. The Bertz CT molecular complexity index is 692. The van der Waals surface area contributed by atoms with Crippen molar-refractivity contribution in [3.8, 4) is 11.5 Å². The third kappa shape index (κ3) is 6.61. The lowest BCUT2D eigenvalue weighted by molar-refractivity contribution is -0.0498. The van der Waals surface area contributed by atoms with Gasteiger partial charge in [-0.05, 0) is 55.8 Å². The van der Waals surface area contributed by atoms with Crippen molar-refractivity contribution < 1.29 is 23.4 Å². The van der Waals surface area contributed by atoms with Gasteiger partial charge in [-0.25, -0.2) is 0 Å². The molecular weight excluding hydrogens is 340 g/mol. The number of ether oxygens (including phenoxy) is 2. The summed E-state index contributed by atoms with van der Waals surface area (Å²) in [5.41, 5.74) is 3.08. The summed E-state index contributed by atoms with van der Waals surface area (Å²) in [4.78, 5) is 1.94. The first-order valence-corrected chi connectivity index (χ1v) is 8.44. The van der Waals surface area contributed by atoms with Crippen LogP contribution in [0.4, 0.5) is 8.78 Å². The van der Waals surface area contributed by atoms with E-state index < -0.39 is 12.7 Å². The Kier molecular flexibility index (Phi) is 7.36. The number of aliphatic hydroxyl groups is 1. The van der Waals surface area contributed by atoms with E-state index >= 15 is 0 Å². The maximum atomic E-state index is 12.1. The minimum absolute atomic E-state index is 0.133. The van der Waals surface area contributed by atoms with Crippen LogP contribution in [0.3, 0.4) is 0 Å². The summed E-state index contributed by atoms with van der Waals surface area (Å²) >= 11 is 0. The van der Waals surface area contributed by atoms with Gasteiger partial charge in [-0.15, -0.1) is 0 Å². The van der Waals surface area contributed by atoms with Gasteiger partial charge in [0.1, 0.15) is 24.2 Å². The topological polar surface area (TPSA) is 41.9 Å². The Morgan fingerprint density at radius 1 is 1.08 bits per heavy atom. The van der Waals surface area contributed by atoms with Crippen LogP contribution < -0.4 is 9.47 Å². The van der Waals surface area contributed by atoms with Crippen LogP contribution in [0, 0.1) is 13.8 Å². The number of rotatable bonds is 9. The van der Waals surface area contributed by atoms with E-state index in [9.17, 15) is 13.9 Å². The van der Waals surface area contributed by atoms with Gasteiger partial charge in [-0.3, -0.25) is 4.90 Å². The Morgan fingerprint density at radius 3 is 2.42 bits per heavy atom. The van der Waals surface area contributed by atoms with Gasteiger partial charge < -0.3 is 14.6 Å². The largest absolute Gasteiger partial charge is 0.491 e. The van der Waals surface area contributed by atoms with Crippen molar-refractivity contribution in [2.45, 2.75) is 33.1 Å². The molecule has 0 bridgehead atoms. The number of aryl methyl sites for hydroxylation is 2. The van der Waals surface area contributed by atoms with Crippen LogP contribution in [0.5, 0.6) is 11.5 Å². The molecule has 6 heteroatoms. The fourth-order valence-electron chi connectivity index (χ4n) is 2.61. The minimum Gasteiger partial charge on any atom is -0.491 e. The molecule has 0 saturated carbocycles. The number of hydrogen-bond acceptors (Lipinski definition) is 4. The van der Waals surface area contributed by atoms with Crippen molar-refractivity contribution in [1.29, 1.82) is 0 Å². The predicted octanol–water partition coefficient (Wildman–Crippen LogP) is 3.78. The standard InChI is InChI=1S/C20H25F2NO3/c1-14-4-5-15(2)19(10-14)25-13-17(24)12-23(3)11-16-6-8-18(9-7-16)26-20(21)22/h4-10,17,20,24H,11-13H2,1-3H3. The van der Waals surface area contributed by atoms with Gasteiger partial charge in [0, 0.05) is 13.1 Å². The molecule has 0 fully saturated rings. The number of aliphatic hydroxyl groups excluding tert-OH is 1. The van der Waals surface area contributed by atoms with Crippen LogP contribution in [0.25, 0.3) is 0 Å². The molecule has 0 aliphatic carbocycles. The molecule has 1 N–H and O–H groups in total. The Morgan fingerprint density at radius 2 is 1.77 bits per heavy atom. The molecule has 2 aromatic rings.